The predicted molar refractivity (Wildman–Crippen MR) is 168 cm³/mol. The summed E-state index contributed by atoms with van der Waals surface area (Å²) in [6.07, 6.45) is 3.67. The summed E-state index contributed by atoms with van der Waals surface area (Å²) in [4.78, 5) is 18.6. The lowest BCUT2D eigenvalue weighted by Gasteiger charge is -2.17. The van der Waals surface area contributed by atoms with Gasteiger partial charge in [0.2, 0.25) is 0 Å². The highest BCUT2D eigenvalue weighted by atomic mass is 16.1. The SMILES string of the molecule is O=c1n(Cc2ccccc2)ccc2ncc(-c3c4ccccc4c(-c4ccc5ccccc5c4)c4ccccc34)n12. The first kappa shape index (κ1) is 23.4. The molecule has 41 heavy (non-hydrogen) atoms. The summed E-state index contributed by atoms with van der Waals surface area (Å²) < 4.78 is 3.51. The van der Waals surface area contributed by atoms with Crippen LogP contribution in [-0.2, 0) is 6.54 Å². The first-order chi connectivity index (χ1) is 20.3. The van der Waals surface area contributed by atoms with Crippen LogP contribution in [0.15, 0.2) is 145 Å². The van der Waals surface area contributed by atoms with Crippen LogP contribution in [0.1, 0.15) is 5.56 Å². The molecule has 4 heteroatoms. The fourth-order valence-corrected chi connectivity index (χ4v) is 6.17. The van der Waals surface area contributed by atoms with Crippen LogP contribution in [0.4, 0.5) is 0 Å². The molecule has 0 bridgehead atoms. The summed E-state index contributed by atoms with van der Waals surface area (Å²) in [7, 11) is 0. The average Bonchev–Trinajstić information content (AvgIpc) is 3.46. The molecule has 0 saturated heterocycles. The summed E-state index contributed by atoms with van der Waals surface area (Å²) >= 11 is 0. The number of rotatable bonds is 4. The van der Waals surface area contributed by atoms with Gasteiger partial charge in [-0.2, -0.15) is 0 Å². The van der Waals surface area contributed by atoms with E-state index in [0.29, 0.717) is 12.2 Å². The van der Waals surface area contributed by atoms with E-state index in [1.165, 1.54) is 21.9 Å². The molecule has 0 aliphatic carbocycles. The number of imidazole rings is 1. The Labute approximate surface area is 236 Å². The molecule has 0 fully saturated rings. The van der Waals surface area contributed by atoms with E-state index in [1.807, 2.05) is 48.8 Å². The quantitative estimate of drug-likeness (QED) is 0.216. The molecular weight excluding hydrogens is 502 g/mol. The lowest BCUT2D eigenvalue weighted by Crippen LogP contribution is -2.26. The van der Waals surface area contributed by atoms with Crippen molar-refractivity contribution in [3.63, 3.8) is 0 Å². The minimum absolute atomic E-state index is 0.106. The van der Waals surface area contributed by atoms with Gasteiger partial charge in [0, 0.05) is 11.8 Å². The number of hydrogen-bond acceptors (Lipinski definition) is 2. The van der Waals surface area contributed by atoms with E-state index >= 15 is 0 Å². The topological polar surface area (TPSA) is 39.3 Å². The van der Waals surface area contributed by atoms with E-state index in [-0.39, 0.29) is 5.69 Å². The maximum atomic E-state index is 14.0. The van der Waals surface area contributed by atoms with Crippen molar-refractivity contribution >= 4 is 38.0 Å². The predicted octanol–water partition coefficient (Wildman–Crippen LogP) is 8.34. The van der Waals surface area contributed by atoms with Gasteiger partial charge < -0.3 is 0 Å². The summed E-state index contributed by atoms with van der Waals surface area (Å²) in [6.45, 7) is 0.496. The fourth-order valence-electron chi connectivity index (χ4n) is 6.17. The first-order valence-corrected chi connectivity index (χ1v) is 13.8. The first-order valence-electron chi connectivity index (χ1n) is 13.8. The molecule has 0 spiro atoms. The molecule has 0 N–H and O–H groups in total. The maximum Gasteiger partial charge on any atom is 0.334 e. The zero-order chi connectivity index (χ0) is 27.3. The minimum Gasteiger partial charge on any atom is -0.296 e. The smallest absolute Gasteiger partial charge is 0.296 e. The summed E-state index contributed by atoms with van der Waals surface area (Å²) in [6, 6.07) is 44.2. The van der Waals surface area contributed by atoms with Crippen molar-refractivity contribution in [1.29, 1.82) is 0 Å². The van der Waals surface area contributed by atoms with Crippen LogP contribution in [0, 0.1) is 0 Å². The van der Waals surface area contributed by atoms with Gasteiger partial charge in [-0.25, -0.2) is 14.2 Å². The van der Waals surface area contributed by atoms with Gasteiger partial charge >= 0.3 is 5.69 Å². The van der Waals surface area contributed by atoms with Crippen LogP contribution in [0.2, 0.25) is 0 Å². The minimum atomic E-state index is -0.106. The third-order valence-corrected chi connectivity index (χ3v) is 8.05. The Balaban J connectivity index is 1.43. The van der Waals surface area contributed by atoms with Gasteiger partial charge in [0.05, 0.1) is 18.4 Å². The van der Waals surface area contributed by atoms with Gasteiger partial charge in [-0.3, -0.25) is 4.57 Å². The van der Waals surface area contributed by atoms with E-state index in [1.54, 1.807) is 8.97 Å². The Morgan fingerprint density at radius 1 is 0.585 bits per heavy atom. The van der Waals surface area contributed by atoms with Gasteiger partial charge in [0.1, 0.15) is 5.65 Å². The third-order valence-electron chi connectivity index (χ3n) is 8.05. The van der Waals surface area contributed by atoms with E-state index in [2.05, 4.69) is 96.0 Å². The normalized spacial score (nSPS) is 11.6. The molecule has 0 radical (unpaired) electrons. The van der Waals surface area contributed by atoms with E-state index in [4.69, 9.17) is 0 Å². The molecule has 0 aliphatic heterocycles. The Morgan fingerprint density at radius 2 is 1.20 bits per heavy atom. The van der Waals surface area contributed by atoms with Crippen LogP contribution in [0.5, 0.6) is 0 Å². The molecule has 0 atom stereocenters. The van der Waals surface area contributed by atoms with Gasteiger partial charge in [-0.1, -0.05) is 115 Å². The van der Waals surface area contributed by atoms with E-state index < -0.39 is 0 Å². The van der Waals surface area contributed by atoms with Crippen molar-refractivity contribution < 1.29 is 0 Å². The van der Waals surface area contributed by atoms with Crippen molar-refractivity contribution in [2.24, 2.45) is 0 Å². The summed E-state index contributed by atoms with van der Waals surface area (Å²) in [5.74, 6) is 0. The highest BCUT2D eigenvalue weighted by Crippen LogP contribution is 2.43. The fraction of sp³-hybridized carbons (Fsp3) is 0.0270. The zero-order valence-corrected chi connectivity index (χ0v) is 22.2. The number of hydrogen-bond donors (Lipinski definition) is 0. The largest absolute Gasteiger partial charge is 0.334 e. The second-order valence-electron chi connectivity index (χ2n) is 10.5. The van der Waals surface area contributed by atoms with Crippen molar-refractivity contribution in [3.8, 4) is 22.4 Å². The summed E-state index contributed by atoms with van der Waals surface area (Å²) in [5.41, 5.74) is 5.79. The van der Waals surface area contributed by atoms with Crippen LogP contribution < -0.4 is 5.69 Å². The zero-order valence-electron chi connectivity index (χ0n) is 22.2. The Hall–Kier alpha value is -5.48. The van der Waals surface area contributed by atoms with Crippen LogP contribution in [0.3, 0.4) is 0 Å². The molecule has 4 nitrogen and oxygen atoms in total. The van der Waals surface area contributed by atoms with Crippen LogP contribution in [-0.4, -0.2) is 14.0 Å². The number of fused-ring (bicyclic) bond motifs is 4. The second-order valence-corrected chi connectivity index (χ2v) is 10.5. The molecule has 2 aromatic heterocycles. The van der Waals surface area contributed by atoms with Crippen LogP contribution >= 0.6 is 0 Å². The van der Waals surface area contributed by atoms with Gasteiger partial charge in [0.25, 0.3) is 0 Å². The van der Waals surface area contributed by atoms with Crippen molar-refractivity contribution in [3.05, 3.63) is 156 Å². The van der Waals surface area contributed by atoms with Gasteiger partial charge in [-0.15, -0.1) is 0 Å². The molecule has 8 aromatic rings. The third kappa shape index (κ3) is 3.76. The number of nitrogens with zero attached hydrogens (tertiary/aromatic N) is 3. The Kier molecular flexibility index (Phi) is 5.32. The molecule has 0 aliphatic rings. The number of aromatic nitrogens is 3. The Bertz CT molecular complexity index is 2260. The van der Waals surface area contributed by atoms with Gasteiger partial charge in [0.15, 0.2) is 0 Å². The van der Waals surface area contributed by atoms with Crippen LogP contribution in [0.25, 0.3) is 60.3 Å². The molecule has 0 unspecified atom stereocenters. The molecule has 0 amide bonds. The second kappa shape index (κ2) is 9.32. The van der Waals surface area contributed by atoms with E-state index in [9.17, 15) is 4.79 Å². The van der Waals surface area contributed by atoms with Gasteiger partial charge in [-0.05, 0) is 61.1 Å². The lowest BCUT2D eigenvalue weighted by molar-refractivity contribution is 0.716. The highest BCUT2D eigenvalue weighted by molar-refractivity contribution is 6.21. The van der Waals surface area contributed by atoms with E-state index in [0.717, 1.165) is 38.4 Å². The molecular formula is C37H25N3O. The highest BCUT2D eigenvalue weighted by Gasteiger charge is 2.20. The Morgan fingerprint density at radius 3 is 1.90 bits per heavy atom. The standard InChI is InChI=1S/C37H25N3O/c41-37-39(24-25-10-2-1-3-11-25)21-20-34-38-23-33(40(34)37)36-31-16-8-6-14-29(31)35(30-15-7-9-17-32(30)36)28-19-18-26-12-4-5-13-27(26)22-28/h1-23H,24H2. The van der Waals surface area contributed by atoms with Crippen molar-refractivity contribution in [2.75, 3.05) is 0 Å². The monoisotopic (exact) mass is 527 g/mol. The average molecular weight is 528 g/mol. The number of benzene rings is 6. The maximum absolute atomic E-state index is 14.0. The molecule has 6 aromatic carbocycles. The van der Waals surface area contributed by atoms with Crippen molar-refractivity contribution in [2.45, 2.75) is 6.54 Å². The summed E-state index contributed by atoms with van der Waals surface area (Å²) in [5, 5.41) is 6.91. The molecule has 0 saturated carbocycles. The van der Waals surface area contributed by atoms with Crippen molar-refractivity contribution in [1.82, 2.24) is 14.0 Å². The molecule has 194 valence electrons. The molecule has 8 rings (SSSR count). The molecule has 2 heterocycles. The lowest BCUT2D eigenvalue weighted by atomic mass is 9.87.